The summed E-state index contributed by atoms with van der Waals surface area (Å²) in [6, 6.07) is 0. The minimum atomic E-state index is -0.117. The van der Waals surface area contributed by atoms with Gasteiger partial charge in [-0.1, -0.05) is 31.9 Å². The third kappa shape index (κ3) is 1.94. The van der Waals surface area contributed by atoms with Gasteiger partial charge in [0.25, 0.3) is 0 Å². The average Bonchev–Trinajstić information content (AvgIpc) is 2.93. The topological polar surface area (TPSA) is 29.5 Å². The van der Waals surface area contributed by atoms with Gasteiger partial charge in [0.05, 0.1) is 6.61 Å². The van der Waals surface area contributed by atoms with Crippen LogP contribution in [-0.2, 0) is 4.74 Å². The normalized spacial score (nSPS) is 26.1. The van der Waals surface area contributed by atoms with Crippen molar-refractivity contribution in [2.75, 3.05) is 19.7 Å². The third-order valence-corrected chi connectivity index (χ3v) is 4.79. The summed E-state index contributed by atoms with van der Waals surface area (Å²) in [5.74, 6) is 0. The molecule has 0 aromatic rings. The fraction of sp³-hybridized carbons (Fsp3) is 0.800. The molecule has 100 valence electrons. The SMILES string of the molecule is CCCCOC(=O)N1CC2(C=C(C3(C)CC3)C2)C1. The van der Waals surface area contributed by atoms with Crippen LogP contribution in [0.25, 0.3) is 0 Å². The highest BCUT2D eigenvalue weighted by molar-refractivity contribution is 5.69. The molecule has 2 aliphatic carbocycles. The largest absolute Gasteiger partial charge is 0.449 e. The van der Waals surface area contributed by atoms with E-state index in [1.165, 1.54) is 19.3 Å². The highest BCUT2D eigenvalue weighted by Gasteiger charge is 2.55. The molecule has 1 amide bonds. The first-order chi connectivity index (χ1) is 8.57. The van der Waals surface area contributed by atoms with E-state index in [0.29, 0.717) is 17.4 Å². The number of carbonyl (C=O) groups is 1. The molecule has 0 bridgehead atoms. The summed E-state index contributed by atoms with van der Waals surface area (Å²) in [6.45, 7) is 6.78. The van der Waals surface area contributed by atoms with Crippen LogP contribution in [0.15, 0.2) is 11.6 Å². The summed E-state index contributed by atoms with van der Waals surface area (Å²) in [7, 11) is 0. The van der Waals surface area contributed by atoms with E-state index in [1.807, 2.05) is 4.90 Å². The van der Waals surface area contributed by atoms with Gasteiger partial charge in [-0.2, -0.15) is 0 Å². The van der Waals surface area contributed by atoms with Crippen LogP contribution in [-0.4, -0.2) is 30.7 Å². The molecule has 0 N–H and O–H groups in total. The predicted octanol–water partition coefficient (Wildman–Crippen LogP) is 3.36. The second kappa shape index (κ2) is 4.01. The van der Waals surface area contributed by atoms with E-state index in [0.717, 1.165) is 25.9 Å². The van der Waals surface area contributed by atoms with Crippen LogP contribution in [0.4, 0.5) is 4.79 Å². The molecule has 18 heavy (non-hydrogen) atoms. The molecule has 0 aromatic carbocycles. The zero-order valence-corrected chi connectivity index (χ0v) is 11.5. The number of hydrogen-bond donors (Lipinski definition) is 0. The number of carbonyl (C=O) groups excluding carboxylic acids is 1. The molecule has 0 atom stereocenters. The van der Waals surface area contributed by atoms with Gasteiger partial charge in [0.2, 0.25) is 0 Å². The first kappa shape index (κ1) is 12.1. The zero-order chi connectivity index (χ0) is 12.8. The Balaban J connectivity index is 1.44. The first-order valence-corrected chi connectivity index (χ1v) is 7.21. The van der Waals surface area contributed by atoms with Crippen molar-refractivity contribution in [1.82, 2.24) is 4.90 Å². The molecular formula is C15H23NO2. The average molecular weight is 249 g/mol. The highest BCUT2D eigenvalue weighted by Crippen LogP contribution is 2.61. The van der Waals surface area contributed by atoms with E-state index >= 15 is 0 Å². The smallest absolute Gasteiger partial charge is 0.409 e. The van der Waals surface area contributed by atoms with Gasteiger partial charge < -0.3 is 9.64 Å². The molecule has 3 rings (SSSR count). The molecule has 0 aromatic heterocycles. The molecule has 1 saturated heterocycles. The Kier molecular flexibility index (Phi) is 2.68. The summed E-state index contributed by atoms with van der Waals surface area (Å²) in [6.07, 6.45) is 8.29. The first-order valence-electron chi connectivity index (χ1n) is 7.21. The molecule has 0 unspecified atom stereocenters. The van der Waals surface area contributed by atoms with Gasteiger partial charge in [-0.05, 0) is 31.1 Å². The van der Waals surface area contributed by atoms with Crippen molar-refractivity contribution in [2.24, 2.45) is 10.8 Å². The Morgan fingerprint density at radius 2 is 2.11 bits per heavy atom. The quantitative estimate of drug-likeness (QED) is 0.565. The monoisotopic (exact) mass is 249 g/mol. The predicted molar refractivity (Wildman–Crippen MR) is 70.3 cm³/mol. The summed E-state index contributed by atoms with van der Waals surface area (Å²) >= 11 is 0. The Labute approximate surface area is 109 Å². The Bertz CT molecular complexity index is 389. The number of unbranched alkanes of at least 4 members (excludes halogenated alkanes) is 1. The molecule has 1 heterocycles. The molecular weight excluding hydrogens is 226 g/mol. The van der Waals surface area contributed by atoms with Crippen LogP contribution >= 0.6 is 0 Å². The van der Waals surface area contributed by atoms with Crippen LogP contribution in [0.5, 0.6) is 0 Å². The standard InChI is InChI=1S/C15H23NO2/c1-3-4-7-18-13(17)16-10-15(11-16)8-12(9-15)14(2)5-6-14/h8H,3-7,9-11H2,1-2H3. The lowest BCUT2D eigenvalue weighted by atomic mass is 9.62. The summed E-state index contributed by atoms with van der Waals surface area (Å²) in [4.78, 5) is 13.5. The Morgan fingerprint density at radius 3 is 2.67 bits per heavy atom. The van der Waals surface area contributed by atoms with Gasteiger partial charge >= 0.3 is 6.09 Å². The van der Waals surface area contributed by atoms with E-state index in [4.69, 9.17) is 4.74 Å². The molecule has 3 aliphatic rings. The lowest BCUT2D eigenvalue weighted by Gasteiger charge is -2.54. The molecule has 1 saturated carbocycles. The molecule has 2 fully saturated rings. The van der Waals surface area contributed by atoms with Gasteiger partial charge in [-0.15, -0.1) is 0 Å². The second-order valence-corrected chi connectivity index (χ2v) is 6.59. The summed E-state index contributed by atoms with van der Waals surface area (Å²) in [5.41, 5.74) is 2.50. The number of amides is 1. The van der Waals surface area contributed by atoms with Crippen molar-refractivity contribution in [3.8, 4) is 0 Å². The van der Waals surface area contributed by atoms with Crippen molar-refractivity contribution < 1.29 is 9.53 Å². The maximum absolute atomic E-state index is 11.7. The maximum Gasteiger partial charge on any atom is 0.409 e. The number of nitrogens with zero attached hydrogens (tertiary/aromatic N) is 1. The van der Waals surface area contributed by atoms with Crippen LogP contribution in [0.2, 0.25) is 0 Å². The third-order valence-electron chi connectivity index (χ3n) is 4.79. The number of ether oxygens (including phenoxy) is 1. The van der Waals surface area contributed by atoms with Gasteiger partial charge in [0, 0.05) is 18.5 Å². The van der Waals surface area contributed by atoms with E-state index in [2.05, 4.69) is 19.9 Å². The number of rotatable bonds is 4. The fourth-order valence-corrected chi connectivity index (χ4v) is 3.06. The van der Waals surface area contributed by atoms with Crippen molar-refractivity contribution in [2.45, 2.75) is 46.0 Å². The Hall–Kier alpha value is -0.990. The lowest BCUT2D eigenvalue weighted by Crippen LogP contribution is -2.60. The van der Waals surface area contributed by atoms with Crippen LogP contribution in [0.1, 0.15) is 46.0 Å². The molecule has 1 spiro atoms. The van der Waals surface area contributed by atoms with E-state index in [1.54, 1.807) is 5.57 Å². The van der Waals surface area contributed by atoms with Crippen LogP contribution < -0.4 is 0 Å². The van der Waals surface area contributed by atoms with E-state index < -0.39 is 0 Å². The number of hydrogen-bond acceptors (Lipinski definition) is 2. The number of allylic oxidation sites excluding steroid dienone is 1. The summed E-state index contributed by atoms with van der Waals surface area (Å²) < 4.78 is 5.22. The minimum Gasteiger partial charge on any atom is -0.449 e. The molecule has 1 aliphatic heterocycles. The van der Waals surface area contributed by atoms with Gasteiger partial charge in [-0.25, -0.2) is 4.79 Å². The Morgan fingerprint density at radius 1 is 1.44 bits per heavy atom. The van der Waals surface area contributed by atoms with Crippen molar-refractivity contribution in [3.63, 3.8) is 0 Å². The molecule has 3 nitrogen and oxygen atoms in total. The van der Waals surface area contributed by atoms with Crippen LogP contribution in [0, 0.1) is 10.8 Å². The van der Waals surface area contributed by atoms with Gasteiger partial charge in [0.15, 0.2) is 0 Å². The second-order valence-electron chi connectivity index (χ2n) is 6.59. The molecule has 0 radical (unpaired) electrons. The number of likely N-dealkylation sites (tertiary alicyclic amines) is 1. The van der Waals surface area contributed by atoms with Crippen molar-refractivity contribution >= 4 is 6.09 Å². The van der Waals surface area contributed by atoms with E-state index in [-0.39, 0.29) is 6.09 Å². The van der Waals surface area contributed by atoms with Crippen molar-refractivity contribution in [3.05, 3.63) is 11.6 Å². The minimum absolute atomic E-state index is 0.117. The zero-order valence-electron chi connectivity index (χ0n) is 11.5. The summed E-state index contributed by atoms with van der Waals surface area (Å²) in [5, 5.41) is 0. The maximum atomic E-state index is 11.7. The van der Waals surface area contributed by atoms with Gasteiger partial charge in [0.1, 0.15) is 0 Å². The fourth-order valence-electron chi connectivity index (χ4n) is 3.06. The van der Waals surface area contributed by atoms with Gasteiger partial charge in [-0.3, -0.25) is 0 Å². The van der Waals surface area contributed by atoms with Crippen molar-refractivity contribution in [1.29, 1.82) is 0 Å². The van der Waals surface area contributed by atoms with Crippen LogP contribution in [0.3, 0.4) is 0 Å². The van der Waals surface area contributed by atoms with E-state index in [9.17, 15) is 4.79 Å². The lowest BCUT2D eigenvalue weighted by molar-refractivity contribution is 0.00998. The molecule has 3 heteroatoms. The highest BCUT2D eigenvalue weighted by atomic mass is 16.6.